The van der Waals surface area contributed by atoms with E-state index < -0.39 is 0 Å². The highest BCUT2D eigenvalue weighted by molar-refractivity contribution is 7.10. The summed E-state index contributed by atoms with van der Waals surface area (Å²) in [5.74, 6) is 0.0430. The Labute approximate surface area is 122 Å². The number of nitrogen functional groups attached to an aromatic ring is 1. The number of hydrogen-bond acceptors (Lipinski definition) is 4. The normalized spacial score (nSPS) is 18.8. The van der Waals surface area contributed by atoms with Crippen LogP contribution in [0.4, 0.5) is 0 Å². The Morgan fingerprint density at radius 1 is 1.55 bits per heavy atom. The lowest BCUT2D eigenvalue weighted by molar-refractivity contribution is 0.191. The van der Waals surface area contributed by atoms with Gasteiger partial charge in [0.1, 0.15) is 11.5 Å². The average molecular weight is 286 g/mol. The zero-order chi connectivity index (χ0) is 14.1. The van der Waals surface area contributed by atoms with Crippen molar-refractivity contribution in [1.82, 2.24) is 9.88 Å². The number of amidine groups is 1. The molecule has 4 nitrogen and oxygen atoms in total. The first kappa shape index (κ1) is 13.3. The molecule has 20 heavy (non-hydrogen) atoms. The van der Waals surface area contributed by atoms with Crippen LogP contribution < -0.4 is 5.73 Å². The van der Waals surface area contributed by atoms with Gasteiger partial charge in [0.25, 0.3) is 0 Å². The molecule has 0 bridgehead atoms. The second-order valence-electron chi connectivity index (χ2n) is 5.12. The van der Waals surface area contributed by atoms with E-state index >= 15 is 0 Å². The fourth-order valence-electron chi connectivity index (χ4n) is 2.80. The number of pyridine rings is 1. The van der Waals surface area contributed by atoms with Gasteiger partial charge in [-0.3, -0.25) is 15.3 Å². The standard InChI is InChI=1S/C15H18N4S/c1-10-12-5-8-20-13(12)4-7-19(10)9-11-3-2-6-18-14(11)15(16)17/h2-3,5-6,8,10H,4,7,9H2,1H3,(H3,16,17). The van der Waals surface area contributed by atoms with Crippen LogP contribution in [0.2, 0.25) is 0 Å². The van der Waals surface area contributed by atoms with E-state index in [0.29, 0.717) is 11.7 Å². The van der Waals surface area contributed by atoms with Crippen LogP contribution in [0.15, 0.2) is 29.8 Å². The van der Waals surface area contributed by atoms with Gasteiger partial charge in [-0.15, -0.1) is 11.3 Å². The van der Waals surface area contributed by atoms with E-state index in [-0.39, 0.29) is 5.84 Å². The lowest BCUT2D eigenvalue weighted by Crippen LogP contribution is -2.33. The molecule has 2 aromatic rings. The minimum atomic E-state index is 0.0430. The first-order valence-electron chi connectivity index (χ1n) is 6.75. The molecule has 0 radical (unpaired) electrons. The molecule has 3 N–H and O–H groups in total. The SMILES string of the molecule is CC1c2ccsc2CCN1Cc1cccnc1C(=N)N. The molecule has 3 rings (SSSR count). The second-order valence-corrected chi connectivity index (χ2v) is 6.12. The molecule has 0 spiro atoms. The van der Waals surface area contributed by atoms with Gasteiger partial charge in [-0.25, -0.2) is 0 Å². The van der Waals surface area contributed by atoms with Gasteiger partial charge in [0.05, 0.1) is 0 Å². The summed E-state index contributed by atoms with van der Waals surface area (Å²) < 4.78 is 0. The van der Waals surface area contributed by atoms with Gasteiger partial charge in [0.2, 0.25) is 0 Å². The van der Waals surface area contributed by atoms with Gasteiger partial charge in [-0.2, -0.15) is 0 Å². The van der Waals surface area contributed by atoms with E-state index in [9.17, 15) is 0 Å². The van der Waals surface area contributed by atoms with Crippen molar-refractivity contribution in [3.05, 3.63) is 51.5 Å². The molecule has 0 saturated heterocycles. The first-order valence-corrected chi connectivity index (χ1v) is 7.63. The van der Waals surface area contributed by atoms with Crippen LogP contribution in [0.3, 0.4) is 0 Å². The zero-order valence-electron chi connectivity index (χ0n) is 11.5. The second kappa shape index (κ2) is 5.34. The third-order valence-corrected chi connectivity index (χ3v) is 4.92. The molecule has 0 fully saturated rings. The summed E-state index contributed by atoms with van der Waals surface area (Å²) in [5.41, 5.74) is 8.70. The zero-order valence-corrected chi connectivity index (χ0v) is 12.3. The summed E-state index contributed by atoms with van der Waals surface area (Å²) in [4.78, 5) is 8.16. The number of nitrogens with two attached hydrogens (primary N) is 1. The molecular weight excluding hydrogens is 268 g/mol. The molecule has 0 amide bonds. The largest absolute Gasteiger partial charge is 0.382 e. The van der Waals surface area contributed by atoms with Crippen molar-refractivity contribution in [2.24, 2.45) is 5.73 Å². The minimum absolute atomic E-state index is 0.0430. The smallest absolute Gasteiger partial charge is 0.142 e. The quantitative estimate of drug-likeness (QED) is 0.673. The molecule has 0 saturated carbocycles. The van der Waals surface area contributed by atoms with E-state index in [2.05, 4.69) is 28.3 Å². The number of fused-ring (bicyclic) bond motifs is 1. The van der Waals surface area contributed by atoms with E-state index in [1.165, 1.54) is 10.4 Å². The van der Waals surface area contributed by atoms with Gasteiger partial charge in [0, 0.05) is 30.2 Å². The van der Waals surface area contributed by atoms with E-state index in [0.717, 1.165) is 25.1 Å². The topological polar surface area (TPSA) is 66.0 Å². The predicted octanol–water partition coefficient (Wildman–Crippen LogP) is 2.55. The van der Waals surface area contributed by atoms with Crippen LogP contribution >= 0.6 is 11.3 Å². The van der Waals surface area contributed by atoms with Crippen LogP contribution in [0.25, 0.3) is 0 Å². The first-order chi connectivity index (χ1) is 9.66. The number of thiophene rings is 1. The maximum atomic E-state index is 7.63. The fraction of sp³-hybridized carbons (Fsp3) is 0.333. The summed E-state index contributed by atoms with van der Waals surface area (Å²) in [7, 11) is 0. The third-order valence-electron chi connectivity index (χ3n) is 3.92. The third kappa shape index (κ3) is 2.34. The number of aromatic nitrogens is 1. The summed E-state index contributed by atoms with van der Waals surface area (Å²) in [6.07, 6.45) is 2.80. The molecule has 104 valence electrons. The molecule has 1 aliphatic heterocycles. The monoisotopic (exact) mass is 286 g/mol. The highest BCUT2D eigenvalue weighted by Crippen LogP contribution is 2.33. The molecule has 5 heteroatoms. The average Bonchev–Trinajstić information content (AvgIpc) is 2.91. The van der Waals surface area contributed by atoms with Gasteiger partial charge in [0.15, 0.2) is 0 Å². The molecule has 0 aliphatic carbocycles. The van der Waals surface area contributed by atoms with E-state index in [1.54, 1.807) is 6.20 Å². The minimum Gasteiger partial charge on any atom is -0.382 e. The Kier molecular flexibility index (Phi) is 3.54. The number of rotatable bonds is 3. The molecular formula is C15H18N4S. The van der Waals surface area contributed by atoms with Crippen LogP contribution in [0.5, 0.6) is 0 Å². The van der Waals surface area contributed by atoms with Crippen molar-refractivity contribution in [1.29, 1.82) is 5.41 Å². The van der Waals surface area contributed by atoms with E-state index in [4.69, 9.17) is 11.1 Å². The summed E-state index contributed by atoms with van der Waals surface area (Å²) in [6, 6.07) is 6.56. The van der Waals surface area contributed by atoms with Gasteiger partial charge < -0.3 is 5.73 Å². The molecule has 0 aromatic carbocycles. The summed E-state index contributed by atoms with van der Waals surface area (Å²) >= 11 is 1.85. The Bertz CT molecular complexity index is 634. The van der Waals surface area contributed by atoms with Crippen molar-refractivity contribution < 1.29 is 0 Å². The van der Waals surface area contributed by atoms with E-state index in [1.807, 2.05) is 23.5 Å². The molecule has 1 atom stereocenters. The molecule has 2 aromatic heterocycles. The molecule has 1 unspecified atom stereocenters. The highest BCUT2D eigenvalue weighted by atomic mass is 32.1. The van der Waals surface area contributed by atoms with Crippen LogP contribution in [-0.2, 0) is 13.0 Å². The maximum absolute atomic E-state index is 7.63. The van der Waals surface area contributed by atoms with Gasteiger partial charge in [-0.05, 0) is 42.0 Å². The van der Waals surface area contributed by atoms with Gasteiger partial charge in [-0.1, -0.05) is 6.07 Å². The molecule has 1 aliphatic rings. The Morgan fingerprint density at radius 2 is 2.40 bits per heavy atom. The Morgan fingerprint density at radius 3 is 3.20 bits per heavy atom. The highest BCUT2D eigenvalue weighted by Gasteiger charge is 2.25. The number of hydrogen-bond donors (Lipinski definition) is 2. The van der Waals surface area contributed by atoms with Crippen molar-refractivity contribution in [2.45, 2.75) is 25.9 Å². The summed E-state index contributed by atoms with van der Waals surface area (Å²) in [6.45, 7) is 4.08. The van der Waals surface area contributed by atoms with Crippen LogP contribution in [0, 0.1) is 5.41 Å². The predicted molar refractivity (Wildman–Crippen MR) is 82.1 cm³/mol. The lowest BCUT2D eigenvalue weighted by atomic mass is 10.0. The van der Waals surface area contributed by atoms with Gasteiger partial charge >= 0.3 is 0 Å². The summed E-state index contributed by atoms with van der Waals surface area (Å²) in [5, 5.41) is 9.81. The molecule has 3 heterocycles. The van der Waals surface area contributed by atoms with Crippen molar-refractivity contribution in [2.75, 3.05) is 6.54 Å². The maximum Gasteiger partial charge on any atom is 0.142 e. The number of nitrogens with one attached hydrogen (secondary N) is 1. The van der Waals surface area contributed by atoms with Crippen molar-refractivity contribution >= 4 is 17.2 Å². The van der Waals surface area contributed by atoms with Crippen molar-refractivity contribution in [3.63, 3.8) is 0 Å². The Balaban J connectivity index is 1.85. The van der Waals surface area contributed by atoms with Crippen LogP contribution in [-0.4, -0.2) is 22.3 Å². The fourth-order valence-corrected chi connectivity index (χ4v) is 3.77. The Hall–Kier alpha value is -1.72. The lowest BCUT2D eigenvalue weighted by Gasteiger charge is -2.33. The number of nitrogens with zero attached hydrogens (tertiary/aromatic N) is 2. The van der Waals surface area contributed by atoms with Crippen molar-refractivity contribution in [3.8, 4) is 0 Å². The van der Waals surface area contributed by atoms with Crippen LogP contribution in [0.1, 0.15) is 34.7 Å².